The zero-order chi connectivity index (χ0) is 19.8. The summed E-state index contributed by atoms with van der Waals surface area (Å²) in [6.45, 7) is 19.2. The van der Waals surface area contributed by atoms with Crippen molar-refractivity contribution in [2.24, 2.45) is 11.8 Å². The standard InChI is InChI=1S/C22H42O2Si2/c1-9-10-16-22(19(2)24-26(6,7)8)21(18-23-25(3,4)5)17-20-14-12-11-13-15-20/h11-15,19,21-22H,9-10,16-18H2,1-8H3/t19?,21-,22?/m0/s1. The molecule has 3 atom stereocenters. The van der Waals surface area contributed by atoms with Gasteiger partial charge >= 0.3 is 0 Å². The van der Waals surface area contributed by atoms with Crippen LogP contribution in [-0.4, -0.2) is 29.3 Å². The van der Waals surface area contributed by atoms with Crippen molar-refractivity contribution in [2.75, 3.05) is 6.61 Å². The molecule has 1 rings (SSSR count). The van der Waals surface area contributed by atoms with E-state index in [1.165, 1.54) is 24.8 Å². The second kappa shape index (κ2) is 10.8. The van der Waals surface area contributed by atoms with Crippen molar-refractivity contribution in [3.63, 3.8) is 0 Å². The fourth-order valence-corrected chi connectivity index (χ4v) is 5.55. The Balaban J connectivity index is 3.00. The first-order valence-electron chi connectivity index (χ1n) is 10.4. The Morgan fingerprint density at radius 2 is 1.54 bits per heavy atom. The topological polar surface area (TPSA) is 18.5 Å². The van der Waals surface area contributed by atoms with Gasteiger partial charge in [0.05, 0.1) is 0 Å². The van der Waals surface area contributed by atoms with Crippen molar-refractivity contribution >= 4 is 16.6 Å². The minimum atomic E-state index is -1.55. The molecule has 0 spiro atoms. The lowest BCUT2D eigenvalue weighted by Gasteiger charge is -2.36. The van der Waals surface area contributed by atoms with E-state index in [1.54, 1.807) is 0 Å². The fourth-order valence-electron chi connectivity index (χ4n) is 3.55. The van der Waals surface area contributed by atoms with E-state index >= 15 is 0 Å². The molecule has 1 aromatic carbocycles. The Bertz CT molecular complexity index is 491. The van der Waals surface area contributed by atoms with Gasteiger partial charge < -0.3 is 8.85 Å². The van der Waals surface area contributed by atoms with Gasteiger partial charge in [-0.25, -0.2) is 0 Å². The lowest BCUT2D eigenvalue weighted by molar-refractivity contribution is 0.0689. The van der Waals surface area contributed by atoms with Gasteiger partial charge in [0.25, 0.3) is 0 Å². The maximum atomic E-state index is 6.54. The monoisotopic (exact) mass is 394 g/mol. The maximum absolute atomic E-state index is 6.54. The summed E-state index contributed by atoms with van der Waals surface area (Å²) in [5, 5.41) is 0. The highest BCUT2D eigenvalue weighted by atomic mass is 28.4. The largest absolute Gasteiger partial charge is 0.417 e. The van der Waals surface area contributed by atoms with Gasteiger partial charge in [0.15, 0.2) is 16.6 Å². The first kappa shape index (κ1) is 23.6. The first-order valence-corrected chi connectivity index (χ1v) is 17.2. The summed E-state index contributed by atoms with van der Waals surface area (Å²) >= 11 is 0. The Hall–Kier alpha value is -0.426. The molecular weight excluding hydrogens is 352 g/mol. The van der Waals surface area contributed by atoms with Crippen molar-refractivity contribution in [1.82, 2.24) is 0 Å². The van der Waals surface area contributed by atoms with Crippen LogP contribution in [0.4, 0.5) is 0 Å². The number of unbranched alkanes of at least 4 members (excludes halogenated alkanes) is 1. The second-order valence-corrected chi connectivity index (χ2v) is 18.6. The molecule has 2 unspecified atom stereocenters. The molecule has 0 fully saturated rings. The zero-order valence-corrected chi connectivity index (χ0v) is 20.5. The molecule has 2 nitrogen and oxygen atoms in total. The third kappa shape index (κ3) is 10.0. The van der Waals surface area contributed by atoms with Crippen molar-refractivity contribution in [3.05, 3.63) is 35.9 Å². The fraction of sp³-hybridized carbons (Fsp3) is 0.727. The van der Waals surface area contributed by atoms with Crippen LogP contribution in [0.5, 0.6) is 0 Å². The average Bonchev–Trinajstić information content (AvgIpc) is 2.51. The molecule has 150 valence electrons. The van der Waals surface area contributed by atoms with Gasteiger partial charge in [-0.1, -0.05) is 50.1 Å². The molecule has 4 heteroatoms. The molecule has 0 saturated carbocycles. The number of hydrogen-bond donors (Lipinski definition) is 0. The highest BCUT2D eigenvalue weighted by molar-refractivity contribution is 6.70. The van der Waals surface area contributed by atoms with Crippen LogP contribution in [0.15, 0.2) is 30.3 Å². The summed E-state index contributed by atoms with van der Waals surface area (Å²) in [6, 6.07) is 10.9. The van der Waals surface area contributed by atoms with Crippen LogP contribution in [0, 0.1) is 11.8 Å². The van der Waals surface area contributed by atoms with E-state index in [1.807, 2.05) is 0 Å². The van der Waals surface area contributed by atoms with E-state index in [0.717, 1.165) is 13.0 Å². The minimum absolute atomic E-state index is 0.298. The number of hydrogen-bond acceptors (Lipinski definition) is 2. The number of benzene rings is 1. The van der Waals surface area contributed by atoms with E-state index in [2.05, 4.69) is 83.5 Å². The van der Waals surface area contributed by atoms with Crippen LogP contribution >= 0.6 is 0 Å². The third-order valence-corrected chi connectivity index (χ3v) is 6.82. The van der Waals surface area contributed by atoms with Crippen molar-refractivity contribution in [1.29, 1.82) is 0 Å². The smallest absolute Gasteiger partial charge is 0.184 e. The predicted molar refractivity (Wildman–Crippen MR) is 120 cm³/mol. The highest BCUT2D eigenvalue weighted by Crippen LogP contribution is 2.30. The maximum Gasteiger partial charge on any atom is 0.184 e. The van der Waals surface area contributed by atoms with Gasteiger partial charge in [-0.15, -0.1) is 0 Å². The van der Waals surface area contributed by atoms with Gasteiger partial charge in [0, 0.05) is 12.7 Å². The lowest BCUT2D eigenvalue weighted by atomic mass is 9.81. The SMILES string of the molecule is CCCCC(C(C)O[Si](C)(C)C)[C@H](CO[Si](C)(C)C)Cc1ccccc1. The Kier molecular flexibility index (Phi) is 9.80. The van der Waals surface area contributed by atoms with Gasteiger partial charge in [-0.2, -0.15) is 0 Å². The highest BCUT2D eigenvalue weighted by Gasteiger charge is 2.31. The van der Waals surface area contributed by atoms with Gasteiger partial charge in [0.1, 0.15) is 0 Å². The van der Waals surface area contributed by atoms with E-state index < -0.39 is 16.6 Å². The van der Waals surface area contributed by atoms with Gasteiger partial charge in [-0.05, 0) is 76.4 Å². The van der Waals surface area contributed by atoms with Crippen LogP contribution in [0.3, 0.4) is 0 Å². The summed E-state index contributed by atoms with van der Waals surface area (Å²) in [4.78, 5) is 0. The Morgan fingerprint density at radius 3 is 2.04 bits per heavy atom. The van der Waals surface area contributed by atoms with Crippen LogP contribution in [0.1, 0.15) is 38.7 Å². The van der Waals surface area contributed by atoms with Crippen LogP contribution < -0.4 is 0 Å². The van der Waals surface area contributed by atoms with Crippen molar-refractivity contribution < 1.29 is 8.85 Å². The van der Waals surface area contributed by atoms with Crippen LogP contribution in [-0.2, 0) is 15.3 Å². The second-order valence-electron chi connectivity index (χ2n) is 9.61. The van der Waals surface area contributed by atoms with Gasteiger partial charge in [0.2, 0.25) is 0 Å². The van der Waals surface area contributed by atoms with Crippen LogP contribution in [0.25, 0.3) is 0 Å². The molecule has 0 aliphatic rings. The number of rotatable bonds is 12. The molecule has 0 heterocycles. The molecule has 0 aliphatic carbocycles. The first-order chi connectivity index (χ1) is 12.0. The Morgan fingerprint density at radius 1 is 0.923 bits per heavy atom. The molecule has 0 bridgehead atoms. The predicted octanol–water partition coefficient (Wildman–Crippen LogP) is 6.74. The molecule has 0 N–H and O–H groups in total. The Labute approximate surface area is 165 Å². The van der Waals surface area contributed by atoms with Crippen molar-refractivity contribution in [2.45, 2.75) is 84.9 Å². The quantitative estimate of drug-likeness (QED) is 0.365. The summed E-state index contributed by atoms with van der Waals surface area (Å²) in [5.74, 6) is 1.07. The van der Waals surface area contributed by atoms with Crippen LogP contribution in [0.2, 0.25) is 39.3 Å². The summed E-state index contributed by atoms with van der Waals surface area (Å²) in [7, 11) is -3.08. The van der Waals surface area contributed by atoms with Crippen molar-refractivity contribution in [3.8, 4) is 0 Å². The third-order valence-electron chi connectivity index (χ3n) is 4.71. The molecule has 0 aromatic heterocycles. The minimum Gasteiger partial charge on any atom is -0.417 e. The molecule has 0 radical (unpaired) electrons. The summed E-state index contributed by atoms with van der Waals surface area (Å²) < 4.78 is 12.9. The summed E-state index contributed by atoms with van der Waals surface area (Å²) in [6.07, 6.45) is 5.12. The zero-order valence-electron chi connectivity index (χ0n) is 18.5. The molecular formula is C22H42O2Si2. The molecule has 1 aromatic rings. The van der Waals surface area contributed by atoms with Gasteiger partial charge in [-0.3, -0.25) is 0 Å². The average molecular weight is 395 g/mol. The van der Waals surface area contributed by atoms with E-state index in [0.29, 0.717) is 17.9 Å². The molecule has 0 aliphatic heterocycles. The van der Waals surface area contributed by atoms with E-state index in [9.17, 15) is 0 Å². The lowest BCUT2D eigenvalue weighted by Crippen LogP contribution is -2.40. The van der Waals surface area contributed by atoms with E-state index in [-0.39, 0.29) is 0 Å². The molecule has 26 heavy (non-hydrogen) atoms. The normalized spacial score (nSPS) is 16.3. The summed E-state index contributed by atoms with van der Waals surface area (Å²) in [5.41, 5.74) is 1.42. The van der Waals surface area contributed by atoms with E-state index in [4.69, 9.17) is 8.85 Å². The molecule has 0 saturated heterocycles. The molecule has 0 amide bonds.